The van der Waals surface area contributed by atoms with E-state index >= 15 is 0 Å². The molecule has 2 N–H and O–H groups in total. The lowest BCUT2D eigenvalue weighted by atomic mass is 9.94. The van der Waals surface area contributed by atoms with Gasteiger partial charge in [0.05, 0.1) is 24.3 Å². The number of benzene rings is 3. The number of aliphatic hydroxyl groups is 1. The van der Waals surface area contributed by atoms with Crippen LogP contribution in [-0.4, -0.2) is 29.0 Å². The summed E-state index contributed by atoms with van der Waals surface area (Å²) in [7, 11) is 1.29. The molecule has 1 atom stereocenters. The van der Waals surface area contributed by atoms with Gasteiger partial charge >= 0.3 is 6.18 Å². The van der Waals surface area contributed by atoms with Gasteiger partial charge in [0, 0.05) is 16.3 Å². The van der Waals surface area contributed by atoms with E-state index in [1.54, 1.807) is 0 Å². The third-order valence-electron chi connectivity index (χ3n) is 5.53. The summed E-state index contributed by atoms with van der Waals surface area (Å²) in [6, 6.07) is 12.4. The van der Waals surface area contributed by atoms with Crippen LogP contribution in [0.4, 0.5) is 18.9 Å². The molecule has 6 nitrogen and oxygen atoms in total. The maximum Gasteiger partial charge on any atom is 0.416 e. The van der Waals surface area contributed by atoms with Crippen molar-refractivity contribution < 1.29 is 37.7 Å². The van der Waals surface area contributed by atoms with Crippen molar-refractivity contribution in [3.8, 4) is 11.5 Å². The summed E-state index contributed by atoms with van der Waals surface area (Å²) in [6.45, 7) is 0. The van der Waals surface area contributed by atoms with Crippen molar-refractivity contribution in [1.29, 1.82) is 0 Å². The number of ketones is 1. The molecule has 1 heterocycles. The Morgan fingerprint density at radius 1 is 1.03 bits per heavy atom. The van der Waals surface area contributed by atoms with Crippen LogP contribution in [0.1, 0.15) is 22.7 Å². The van der Waals surface area contributed by atoms with Crippen LogP contribution in [0.25, 0.3) is 5.76 Å². The normalized spacial score (nSPS) is 17.6. The molecular weight excluding hydrogens is 487 g/mol. The van der Waals surface area contributed by atoms with Crippen molar-refractivity contribution in [1.82, 2.24) is 0 Å². The van der Waals surface area contributed by atoms with Gasteiger partial charge in [-0.25, -0.2) is 0 Å². The van der Waals surface area contributed by atoms with E-state index in [-0.39, 0.29) is 33.9 Å². The van der Waals surface area contributed by atoms with Gasteiger partial charge in [-0.05, 0) is 60.2 Å². The third kappa shape index (κ3) is 4.42. The van der Waals surface area contributed by atoms with E-state index in [9.17, 15) is 33.0 Å². The van der Waals surface area contributed by atoms with Crippen molar-refractivity contribution in [2.75, 3.05) is 12.0 Å². The van der Waals surface area contributed by atoms with Crippen LogP contribution in [0.3, 0.4) is 0 Å². The molecular formula is C25H17ClF3NO5. The van der Waals surface area contributed by atoms with Crippen LogP contribution in [-0.2, 0) is 15.8 Å². The molecule has 3 aromatic rings. The predicted octanol–water partition coefficient (Wildman–Crippen LogP) is 5.70. The monoisotopic (exact) mass is 503 g/mol. The fourth-order valence-electron chi connectivity index (χ4n) is 3.87. The Morgan fingerprint density at radius 2 is 1.71 bits per heavy atom. The van der Waals surface area contributed by atoms with Gasteiger partial charge in [-0.2, -0.15) is 13.2 Å². The maximum absolute atomic E-state index is 13.4. The first-order valence-electron chi connectivity index (χ1n) is 10.1. The van der Waals surface area contributed by atoms with Crippen LogP contribution >= 0.6 is 11.6 Å². The summed E-state index contributed by atoms with van der Waals surface area (Å²) >= 11 is 5.90. The molecule has 0 bridgehead atoms. The molecule has 1 unspecified atom stereocenters. The standard InChI is InChI=1S/C25H17ClF3NO5/c1-35-19-11-14(7-10-18(19)31)21-20(22(32)13-5-8-16(26)9-6-13)23(33)24(34)30(21)17-4-2-3-15(12-17)25(27,28)29/h2-12,21,31-32H,1H3. The zero-order valence-electron chi connectivity index (χ0n) is 18.0. The summed E-state index contributed by atoms with van der Waals surface area (Å²) in [4.78, 5) is 27.1. The number of methoxy groups -OCH3 is 1. The van der Waals surface area contributed by atoms with Gasteiger partial charge in [-0.15, -0.1) is 0 Å². The fraction of sp³-hybridized carbons (Fsp3) is 0.120. The van der Waals surface area contributed by atoms with E-state index in [0.29, 0.717) is 5.02 Å². The molecule has 0 radical (unpaired) electrons. The van der Waals surface area contributed by atoms with E-state index < -0.39 is 35.2 Å². The highest BCUT2D eigenvalue weighted by Crippen LogP contribution is 2.45. The number of aliphatic hydroxyl groups excluding tert-OH is 1. The number of nitrogens with zero attached hydrogens (tertiary/aromatic N) is 1. The number of anilines is 1. The highest BCUT2D eigenvalue weighted by molar-refractivity contribution is 6.51. The topological polar surface area (TPSA) is 87.1 Å². The minimum atomic E-state index is -4.69. The largest absolute Gasteiger partial charge is 0.507 e. The molecule has 0 spiro atoms. The number of phenolic OH excluding ortho intramolecular Hbond substituents is 1. The Morgan fingerprint density at radius 3 is 2.34 bits per heavy atom. The van der Waals surface area contributed by atoms with Gasteiger partial charge in [0.1, 0.15) is 5.76 Å². The van der Waals surface area contributed by atoms with Crippen LogP contribution in [0.2, 0.25) is 5.02 Å². The van der Waals surface area contributed by atoms with Crippen molar-refractivity contribution in [2.45, 2.75) is 12.2 Å². The molecule has 10 heteroatoms. The Kier molecular flexibility index (Phi) is 6.21. The number of rotatable bonds is 4. The van der Waals surface area contributed by atoms with Crippen LogP contribution < -0.4 is 9.64 Å². The number of hydrogen-bond donors (Lipinski definition) is 2. The number of phenols is 1. The molecule has 1 aliphatic rings. The molecule has 1 saturated heterocycles. The smallest absolute Gasteiger partial charge is 0.416 e. The summed E-state index contributed by atoms with van der Waals surface area (Å²) in [6.07, 6.45) is -4.69. The summed E-state index contributed by atoms with van der Waals surface area (Å²) < 4.78 is 45.2. The number of carbonyl (C=O) groups excluding carboxylic acids is 2. The number of halogens is 4. The summed E-state index contributed by atoms with van der Waals surface area (Å²) in [5, 5.41) is 21.4. The van der Waals surface area contributed by atoms with Gasteiger partial charge in [0.2, 0.25) is 0 Å². The SMILES string of the molecule is COc1cc(C2C(=C(O)c3ccc(Cl)cc3)C(=O)C(=O)N2c2cccc(C(F)(F)F)c2)ccc1O. The van der Waals surface area contributed by atoms with Crippen molar-refractivity contribution >= 4 is 34.7 Å². The van der Waals surface area contributed by atoms with Crippen LogP contribution in [0.5, 0.6) is 11.5 Å². The molecule has 0 saturated carbocycles. The molecule has 1 aliphatic heterocycles. The lowest BCUT2D eigenvalue weighted by Gasteiger charge is -2.26. The van der Waals surface area contributed by atoms with E-state index in [4.69, 9.17) is 16.3 Å². The van der Waals surface area contributed by atoms with Gasteiger partial charge in [0.25, 0.3) is 11.7 Å². The van der Waals surface area contributed by atoms with Crippen molar-refractivity contribution in [3.63, 3.8) is 0 Å². The zero-order valence-corrected chi connectivity index (χ0v) is 18.8. The second kappa shape index (κ2) is 8.99. The lowest BCUT2D eigenvalue weighted by molar-refractivity contribution is -0.137. The van der Waals surface area contributed by atoms with E-state index in [1.807, 2.05) is 0 Å². The number of ether oxygens (including phenoxy) is 1. The summed E-state index contributed by atoms with van der Waals surface area (Å²) in [5.74, 6) is -2.98. The van der Waals surface area contributed by atoms with Crippen molar-refractivity contribution in [3.05, 3.63) is 94.0 Å². The summed E-state index contributed by atoms with van der Waals surface area (Å²) in [5.41, 5.74) is -1.17. The number of amides is 1. The molecule has 180 valence electrons. The second-order valence-corrected chi connectivity index (χ2v) is 8.09. The first kappa shape index (κ1) is 24.2. The zero-order chi connectivity index (χ0) is 25.5. The van der Waals surface area contributed by atoms with Crippen LogP contribution in [0, 0.1) is 0 Å². The minimum Gasteiger partial charge on any atom is -0.507 e. The highest BCUT2D eigenvalue weighted by atomic mass is 35.5. The minimum absolute atomic E-state index is 0.00335. The first-order chi connectivity index (χ1) is 16.5. The Labute approximate surface area is 202 Å². The fourth-order valence-corrected chi connectivity index (χ4v) is 4.00. The van der Waals surface area contributed by atoms with E-state index in [0.717, 1.165) is 23.1 Å². The molecule has 1 amide bonds. The van der Waals surface area contributed by atoms with E-state index in [2.05, 4.69) is 0 Å². The lowest BCUT2D eigenvalue weighted by Crippen LogP contribution is -2.29. The molecule has 4 rings (SSSR count). The Hall–Kier alpha value is -3.98. The van der Waals surface area contributed by atoms with Crippen molar-refractivity contribution in [2.24, 2.45) is 0 Å². The average molecular weight is 504 g/mol. The van der Waals surface area contributed by atoms with Gasteiger partial charge in [-0.1, -0.05) is 23.7 Å². The quantitative estimate of drug-likeness (QED) is 0.271. The second-order valence-electron chi connectivity index (χ2n) is 7.66. The number of Topliss-reactive ketones (excluding diaryl/α,β-unsaturated/α-hetero) is 1. The number of carbonyl (C=O) groups is 2. The number of alkyl halides is 3. The van der Waals surface area contributed by atoms with Gasteiger partial charge < -0.3 is 14.9 Å². The number of hydrogen-bond acceptors (Lipinski definition) is 5. The van der Waals surface area contributed by atoms with Gasteiger partial charge in [-0.3, -0.25) is 14.5 Å². The van der Waals surface area contributed by atoms with Gasteiger partial charge in [0.15, 0.2) is 11.5 Å². The van der Waals surface area contributed by atoms with E-state index in [1.165, 1.54) is 55.6 Å². The Balaban J connectivity index is 1.97. The maximum atomic E-state index is 13.4. The molecule has 3 aromatic carbocycles. The highest BCUT2D eigenvalue weighted by Gasteiger charge is 2.47. The number of aromatic hydroxyl groups is 1. The Bertz CT molecular complexity index is 1350. The van der Waals surface area contributed by atoms with Crippen LogP contribution in [0.15, 0.2) is 72.3 Å². The predicted molar refractivity (Wildman–Crippen MR) is 122 cm³/mol. The third-order valence-corrected chi connectivity index (χ3v) is 5.79. The molecule has 0 aliphatic carbocycles. The first-order valence-corrected chi connectivity index (χ1v) is 10.5. The molecule has 0 aromatic heterocycles. The molecule has 1 fully saturated rings. The molecule has 35 heavy (non-hydrogen) atoms. The average Bonchev–Trinajstić information content (AvgIpc) is 3.09.